The minimum Gasteiger partial charge on any atom is -0.550 e. The molecule has 4 aromatic carbocycles. The number of anilines is 1. The van der Waals surface area contributed by atoms with Gasteiger partial charge < -0.3 is 19.2 Å². The first-order valence-electron chi connectivity index (χ1n) is 13.7. The highest BCUT2D eigenvalue weighted by atomic mass is 32.2. The number of carbonyl (C=O) groups is 1. The lowest BCUT2D eigenvalue weighted by Gasteiger charge is -2.15. The topological polar surface area (TPSA) is 82.4 Å². The molecule has 0 unspecified atom stereocenters. The minimum atomic E-state index is -1.08. The van der Waals surface area contributed by atoms with Crippen molar-refractivity contribution in [1.29, 1.82) is 0 Å². The Morgan fingerprint density at radius 1 is 0.976 bits per heavy atom. The summed E-state index contributed by atoms with van der Waals surface area (Å²) in [5.74, 6) is -0.333. The third-order valence-electron chi connectivity index (χ3n) is 7.32. The fourth-order valence-corrected chi connectivity index (χ4v) is 7.93. The second kappa shape index (κ2) is 11.2. The highest BCUT2D eigenvalue weighted by Crippen LogP contribution is 2.48. The zero-order valence-electron chi connectivity index (χ0n) is 23.7. The zero-order valence-corrected chi connectivity index (χ0v) is 25.3. The molecule has 0 saturated carbocycles. The summed E-state index contributed by atoms with van der Waals surface area (Å²) in [4.78, 5) is 26.0. The number of thioether (sulfide) groups is 1. The Labute approximate surface area is 250 Å². The predicted molar refractivity (Wildman–Crippen MR) is 169 cm³/mol. The lowest BCUT2D eigenvalue weighted by atomic mass is 10.1. The average molecular weight is 596 g/mol. The van der Waals surface area contributed by atoms with E-state index in [0.717, 1.165) is 61.1 Å². The van der Waals surface area contributed by atoms with Crippen LogP contribution in [0, 0.1) is 0 Å². The van der Waals surface area contributed by atoms with Crippen molar-refractivity contribution in [2.75, 3.05) is 11.9 Å². The molecule has 3 heterocycles. The number of carboxylic acids is 1. The van der Waals surface area contributed by atoms with Crippen LogP contribution < -0.4 is 29.3 Å². The summed E-state index contributed by atoms with van der Waals surface area (Å²) in [7, 11) is 2.06. The van der Waals surface area contributed by atoms with Crippen LogP contribution in [0.1, 0.15) is 26.7 Å². The maximum Gasteiger partial charge on any atom is 0.377 e. The quantitative estimate of drug-likeness (QED) is 0.286. The van der Waals surface area contributed by atoms with Gasteiger partial charge in [0.25, 0.3) is 11.1 Å². The van der Waals surface area contributed by atoms with Crippen LogP contribution in [0.2, 0.25) is 0 Å². The van der Waals surface area contributed by atoms with Gasteiger partial charge in [0.05, 0.1) is 11.8 Å². The summed E-state index contributed by atoms with van der Waals surface area (Å²) in [6.45, 7) is 6.47. The summed E-state index contributed by atoms with van der Waals surface area (Å²) < 4.78 is 12.2. The third-order valence-corrected chi connectivity index (χ3v) is 9.79. The lowest BCUT2D eigenvalue weighted by Crippen LogP contribution is -2.36. The van der Waals surface area contributed by atoms with E-state index >= 15 is 0 Å². The second-order valence-electron chi connectivity index (χ2n) is 9.87. The molecule has 1 aliphatic heterocycles. The SMILES string of the molecule is CC(=O)[O-].CCn1c(=O)/c(=C2\Sc3ccc4ccccc4c3N2C)s/c1=C\c1oc2c3ccccc3ccc2[n+]1CC. The number of hydrogen-bond donors (Lipinski definition) is 0. The number of nitrogens with zero attached hydrogens (tertiary/aromatic N) is 3. The molecule has 7 rings (SSSR count). The fraction of sp³-hybridized carbons (Fsp3) is 0.182. The van der Waals surface area contributed by atoms with Gasteiger partial charge in [-0.25, -0.2) is 0 Å². The van der Waals surface area contributed by atoms with E-state index in [-0.39, 0.29) is 5.56 Å². The van der Waals surface area contributed by atoms with Crippen molar-refractivity contribution in [3.05, 3.63) is 98.2 Å². The van der Waals surface area contributed by atoms with Crippen molar-refractivity contribution in [2.24, 2.45) is 0 Å². The summed E-state index contributed by atoms with van der Waals surface area (Å²) >= 11 is 3.21. The molecule has 0 aliphatic carbocycles. The normalized spacial score (nSPS) is 14.5. The van der Waals surface area contributed by atoms with E-state index in [1.165, 1.54) is 27.0 Å². The van der Waals surface area contributed by atoms with Gasteiger partial charge in [0.15, 0.2) is 0 Å². The number of benzene rings is 4. The Hall–Kier alpha value is -4.34. The van der Waals surface area contributed by atoms with Crippen molar-refractivity contribution in [2.45, 2.75) is 38.8 Å². The van der Waals surface area contributed by atoms with Crippen LogP contribution in [-0.4, -0.2) is 17.6 Å². The van der Waals surface area contributed by atoms with Gasteiger partial charge in [-0.05, 0) is 43.7 Å². The molecule has 9 heteroatoms. The molecule has 0 bridgehead atoms. The fourth-order valence-electron chi connectivity index (χ4n) is 5.47. The Kier molecular flexibility index (Phi) is 7.38. The highest BCUT2D eigenvalue weighted by molar-refractivity contribution is 8.08. The summed E-state index contributed by atoms with van der Waals surface area (Å²) in [5, 5.41) is 14.5. The number of aryl methyl sites for hydroxylation is 1. The number of rotatable bonds is 3. The van der Waals surface area contributed by atoms with E-state index in [2.05, 4.69) is 84.1 Å². The molecule has 212 valence electrons. The monoisotopic (exact) mass is 595 g/mol. The summed E-state index contributed by atoms with van der Waals surface area (Å²) in [6.07, 6.45) is 2.03. The van der Waals surface area contributed by atoms with E-state index in [1.54, 1.807) is 11.8 Å². The first-order chi connectivity index (χ1) is 20.3. The van der Waals surface area contributed by atoms with Gasteiger partial charge in [-0.15, -0.1) is 11.3 Å². The standard InChI is InChI=1S/C31H26N3O2S2.C2H4O2/c1-4-33-23-16-14-20-11-7-9-13-22(20)28(23)36-25(33)18-26-34(5-2)30(35)29(38-26)31-32(3)27-21-12-8-6-10-19(21)15-17-24(27)37-31;1-2(3)4/h6-18H,4-5H2,1-3H3;1H3,(H,3,4)/q+1;/p-1/b31-29+;. The van der Waals surface area contributed by atoms with Crippen LogP contribution >= 0.6 is 23.1 Å². The van der Waals surface area contributed by atoms with Gasteiger partial charge in [-0.3, -0.25) is 9.36 Å². The van der Waals surface area contributed by atoms with E-state index < -0.39 is 5.97 Å². The molecule has 0 amide bonds. The number of hydrogen-bond acceptors (Lipinski definition) is 7. The number of fused-ring (bicyclic) bond motifs is 6. The number of oxazole rings is 1. The zero-order chi connectivity index (χ0) is 29.5. The van der Waals surface area contributed by atoms with Crippen molar-refractivity contribution < 1.29 is 18.9 Å². The van der Waals surface area contributed by atoms with Gasteiger partial charge in [-0.1, -0.05) is 66.4 Å². The van der Waals surface area contributed by atoms with Gasteiger partial charge >= 0.3 is 5.89 Å². The minimum absolute atomic E-state index is 0.0415. The van der Waals surface area contributed by atoms with E-state index in [4.69, 9.17) is 14.3 Å². The molecule has 7 nitrogen and oxygen atoms in total. The van der Waals surface area contributed by atoms with Gasteiger partial charge in [-0.2, -0.15) is 4.57 Å². The molecular weight excluding hydrogens is 567 g/mol. The third kappa shape index (κ3) is 4.68. The number of carbonyl (C=O) groups excluding carboxylic acids is 1. The van der Waals surface area contributed by atoms with Gasteiger partial charge in [0, 0.05) is 41.3 Å². The van der Waals surface area contributed by atoms with Crippen molar-refractivity contribution in [3.8, 4) is 0 Å². The molecule has 0 radical (unpaired) electrons. The Bertz CT molecular complexity index is 2190. The molecular formula is C33H29N3O4S2. The molecule has 0 N–H and O–H groups in total. The molecule has 0 fully saturated rings. The van der Waals surface area contributed by atoms with E-state index in [9.17, 15) is 4.79 Å². The van der Waals surface area contributed by atoms with Crippen molar-refractivity contribution in [3.63, 3.8) is 0 Å². The predicted octanol–water partition coefficient (Wildman–Crippen LogP) is 4.18. The van der Waals surface area contributed by atoms with Crippen molar-refractivity contribution in [1.82, 2.24) is 4.57 Å². The molecule has 0 atom stereocenters. The molecule has 2 aromatic heterocycles. The maximum absolute atomic E-state index is 13.7. The van der Waals surface area contributed by atoms with Gasteiger partial charge in [0.2, 0.25) is 5.58 Å². The smallest absolute Gasteiger partial charge is 0.377 e. The molecule has 42 heavy (non-hydrogen) atoms. The lowest BCUT2D eigenvalue weighted by molar-refractivity contribution is -0.674. The first kappa shape index (κ1) is 27.8. The maximum atomic E-state index is 13.7. The number of aliphatic carboxylic acids is 1. The Morgan fingerprint density at radius 2 is 1.62 bits per heavy atom. The Morgan fingerprint density at radius 3 is 2.31 bits per heavy atom. The molecule has 1 aliphatic rings. The highest BCUT2D eigenvalue weighted by Gasteiger charge is 2.27. The number of aromatic nitrogens is 2. The van der Waals surface area contributed by atoms with Crippen LogP contribution in [-0.2, 0) is 17.9 Å². The average Bonchev–Trinajstić information content (AvgIpc) is 3.62. The first-order valence-corrected chi connectivity index (χ1v) is 15.4. The largest absolute Gasteiger partial charge is 0.550 e. The summed E-state index contributed by atoms with van der Waals surface area (Å²) in [6, 6.07) is 25.3. The van der Waals surface area contributed by atoms with E-state index in [0.29, 0.717) is 6.54 Å². The second-order valence-corrected chi connectivity index (χ2v) is 11.9. The molecule has 0 spiro atoms. The number of thiazole rings is 1. The Balaban J connectivity index is 0.000000744. The van der Waals surface area contributed by atoms with Crippen LogP contribution in [0.25, 0.3) is 43.7 Å². The van der Waals surface area contributed by atoms with Crippen LogP contribution in [0.3, 0.4) is 0 Å². The van der Waals surface area contributed by atoms with E-state index in [1.807, 2.05) is 29.7 Å². The number of carboxylic acid groups (broad SMARTS) is 1. The van der Waals surface area contributed by atoms with Crippen molar-refractivity contribution >= 4 is 78.5 Å². The van der Waals surface area contributed by atoms with Gasteiger partial charge in [0.1, 0.15) is 20.8 Å². The summed E-state index contributed by atoms with van der Waals surface area (Å²) in [5.41, 5.74) is 3.14. The molecule has 6 aromatic rings. The van der Waals surface area contributed by atoms with Crippen LogP contribution in [0.4, 0.5) is 5.69 Å². The van der Waals surface area contributed by atoms with Crippen LogP contribution in [0.5, 0.6) is 0 Å². The molecule has 0 saturated heterocycles. The van der Waals surface area contributed by atoms with Crippen LogP contribution in [0.15, 0.2) is 86.9 Å².